The van der Waals surface area contributed by atoms with Crippen LogP contribution < -0.4 is 15.0 Å². The van der Waals surface area contributed by atoms with E-state index in [1.807, 2.05) is 18.2 Å². The lowest BCUT2D eigenvalue weighted by molar-refractivity contribution is 0.313. The summed E-state index contributed by atoms with van der Waals surface area (Å²) in [6, 6.07) is 16.4. The number of hydrogen-bond donors (Lipinski definition) is 2. The molecule has 1 saturated heterocycles. The van der Waals surface area contributed by atoms with Crippen LogP contribution in [0.15, 0.2) is 54.7 Å². The number of fused-ring (bicyclic) bond motifs is 6. The Morgan fingerprint density at radius 1 is 1.00 bits per heavy atom. The number of H-pyrrole nitrogens is 1. The number of hydrogen-bond acceptors (Lipinski definition) is 6. The van der Waals surface area contributed by atoms with Gasteiger partial charge in [0.1, 0.15) is 11.3 Å². The zero-order valence-electron chi connectivity index (χ0n) is 18.1. The topological polar surface area (TPSA) is 69.3 Å². The summed E-state index contributed by atoms with van der Waals surface area (Å²) in [7, 11) is 3.83. The fourth-order valence-electron chi connectivity index (χ4n) is 3.96. The summed E-state index contributed by atoms with van der Waals surface area (Å²) in [5.74, 6) is 1.78. The van der Waals surface area contributed by atoms with E-state index in [0.29, 0.717) is 22.6 Å². The van der Waals surface area contributed by atoms with E-state index in [9.17, 15) is 0 Å². The Morgan fingerprint density at radius 2 is 1.84 bits per heavy atom. The Morgan fingerprint density at radius 3 is 2.66 bits per heavy atom. The molecule has 0 amide bonds. The maximum atomic E-state index is 6.36. The summed E-state index contributed by atoms with van der Waals surface area (Å²) in [5.41, 5.74) is 2.67. The second-order valence-corrected chi connectivity index (χ2v) is 8.39. The molecule has 0 saturated carbocycles. The number of methoxy groups -OCH3 is 1. The quantitative estimate of drug-likeness (QED) is 0.600. The minimum absolute atomic E-state index is 0.484. The van der Waals surface area contributed by atoms with Gasteiger partial charge in [-0.3, -0.25) is 0 Å². The lowest BCUT2D eigenvalue weighted by atomic mass is 10.1. The molecule has 5 rings (SSSR count). The number of benzene rings is 2. The zero-order valence-corrected chi connectivity index (χ0v) is 18.9. The first-order valence-electron chi connectivity index (χ1n) is 10.6. The fraction of sp³-hybridized carbons (Fsp3) is 0.250. The molecule has 2 N–H and O–H groups in total. The SMILES string of the molecule is COc1cc(N2CCN(C)CC2)c2ccc3cccc(c3)nc3[nH]c(nc1c2)NC=C3Cl. The summed E-state index contributed by atoms with van der Waals surface area (Å²) >= 11 is 6.36. The molecule has 2 aliphatic heterocycles. The average Bonchev–Trinajstić information content (AvgIpc) is 2.81. The number of piperazine rings is 1. The van der Waals surface area contributed by atoms with E-state index in [-0.39, 0.29) is 0 Å². The third-order valence-corrected chi connectivity index (χ3v) is 6.06. The molecule has 1 aromatic heterocycles. The van der Waals surface area contributed by atoms with E-state index in [1.54, 1.807) is 13.3 Å². The van der Waals surface area contributed by atoms with Gasteiger partial charge in [-0.1, -0.05) is 35.9 Å². The molecule has 0 aliphatic carbocycles. The van der Waals surface area contributed by atoms with Crippen molar-refractivity contribution in [3.63, 3.8) is 0 Å². The van der Waals surface area contributed by atoms with Gasteiger partial charge in [0.25, 0.3) is 0 Å². The number of nitrogens with zero attached hydrogens (tertiary/aromatic N) is 4. The van der Waals surface area contributed by atoms with E-state index in [2.05, 4.69) is 62.5 Å². The molecule has 0 unspecified atom stereocenters. The van der Waals surface area contributed by atoms with Gasteiger partial charge in [0.05, 0.1) is 17.7 Å². The van der Waals surface area contributed by atoms with Crippen LogP contribution in [0.25, 0.3) is 26.8 Å². The first-order chi connectivity index (χ1) is 15.6. The average molecular weight is 449 g/mol. The molecule has 1 fully saturated rings. The number of nitrogens with one attached hydrogen (secondary N) is 2. The minimum atomic E-state index is 0.484. The van der Waals surface area contributed by atoms with Gasteiger partial charge in [-0.2, -0.15) is 0 Å². The lowest BCUT2D eigenvalue weighted by Crippen LogP contribution is -2.44. The largest absolute Gasteiger partial charge is 0.494 e. The third-order valence-electron chi connectivity index (χ3n) is 5.77. The van der Waals surface area contributed by atoms with Gasteiger partial charge in [0.15, 0.2) is 5.82 Å². The van der Waals surface area contributed by atoms with Gasteiger partial charge in [0.2, 0.25) is 5.95 Å². The van der Waals surface area contributed by atoms with Crippen LogP contribution >= 0.6 is 11.6 Å². The van der Waals surface area contributed by atoms with Crippen molar-refractivity contribution in [3.8, 4) is 5.75 Å². The molecular formula is C24H25ClN6O. The van der Waals surface area contributed by atoms with Gasteiger partial charge in [-0.05, 0) is 30.6 Å². The molecule has 32 heavy (non-hydrogen) atoms. The van der Waals surface area contributed by atoms with Crippen molar-refractivity contribution in [2.24, 2.45) is 0 Å². The second kappa shape index (κ2) is 8.68. The van der Waals surface area contributed by atoms with Crippen LogP contribution in [0.4, 0.5) is 11.6 Å². The van der Waals surface area contributed by atoms with E-state index in [1.165, 1.54) is 0 Å². The third kappa shape index (κ3) is 4.22. The number of aromatic amines is 1. The zero-order chi connectivity index (χ0) is 22.1. The van der Waals surface area contributed by atoms with E-state index in [4.69, 9.17) is 21.3 Å². The lowest BCUT2D eigenvalue weighted by Gasteiger charge is -2.34. The van der Waals surface area contributed by atoms with E-state index < -0.39 is 0 Å². The van der Waals surface area contributed by atoms with E-state index >= 15 is 0 Å². The molecule has 164 valence electrons. The molecule has 0 radical (unpaired) electrons. The standard InChI is InChI=1S/C24H25ClN6O/c1-30-8-10-31(11-9-30)21-14-22(32-2)20-13-17(21)7-6-16-4-3-5-18(12-16)27-23-19(25)15-26-24(28-20)29-23/h3-7,12-15H,8-11H2,1-2H3,(H2,26,27,28,29). The maximum absolute atomic E-state index is 6.36. The van der Waals surface area contributed by atoms with Crippen LogP contribution in [0.1, 0.15) is 5.82 Å². The van der Waals surface area contributed by atoms with Crippen molar-refractivity contribution in [2.75, 3.05) is 50.6 Å². The van der Waals surface area contributed by atoms with Gasteiger partial charge < -0.3 is 24.8 Å². The number of ether oxygens (including phenoxy) is 1. The Hall–Kier alpha value is -3.29. The van der Waals surface area contributed by atoms with Gasteiger partial charge in [-0.25, -0.2) is 9.97 Å². The molecule has 6 bridgehead atoms. The summed E-state index contributed by atoms with van der Waals surface area (Å²) in [5, 5.41) is 5.72. The van der Waals surface area contributed by atoms with Gasteiger partial charge >= 0.3 is 0 Å². The van der Waals surface area contributed by atoms with Crippen molar-refractivity contribution >= 4 is 50.1 Å². The van der Waals surface area contributed by atoms with Crippen molar-refractivity contribution in [2.45, 2.75) is 0 Å². The number of halogens is 1. The smallest absolute Gasteiger partial charge is 0.206 e. The molecule has 0 spiro atoms. The Kier molecular flexibility index (Phi) is 5.59. The molecule has 2 aliphatic rings. The normalized spacial score (nSPS) is 15.7. The van der Waals surface area contributed by atoms with Gasteiger partial charge in [0, 0.05) is 49.5 Å². The van der Waals surface area contributed by atoms with Gasteiger partial charge in [-0.15, -0.1) is 0 Å². The predicted octanol–water partition coefficient (Wildman–Crippen LogP) is 4.52. The Balaban J connectivity index is 1.80. The Bertz CT molecular complexity index is 1290. The van der Waals surface area contributed by atoms with Crippen LogP contribution in [0.2, 0.25) is 0 Å². The van der Waals surface area contributed by atoms with Crippen LogP contribution in [0, 0.1) is 0 Å². The van der Waals surface area contributed by atoms with Crippen molar-refractivity contribution < 1.29 is 4.74 Å². The first-order valence-corrected chi connectivity index (χ1v) is 11.0. The highest BCUT2D eigenvalue weighted by atomic mass is 35.5. The minimum Gasteiger partial charge on any atom is -0.494 e. The van der Waals surface area contributed by atoms with Crippen LogP contribution in [0.5, 0.6) is 5.75 Å². The first kappa shape index (κ1) is 20.6. The summed E-state index contributed by atoms with van der Waals surface area (Å²) in [6.45, 7) is 3.98. The molecule has 3 aromatic rings. The Labute approximate surface area is 191 Å². The van der Waals surface area contributed by atoms with Crippen LogP contribution in [0.3, 0.4) is 0 Å². The molecule has 8 heteroatoms. The van der Waals surface area contributed by atoms with Crippen LogP contribution in [-0.4, -0.2) is 60.2 Å². The highest BCUT2D eigenvalue weighted by molar-refractivity contribution is 6.48. The highest BCUT2D eigenvalue weighted by Gasteiger charge is 2.17. The van der Waals surface area contributed by atoms with Crippen LogP contribution in [-0.2, 0) is 0 Å². The molecular weight excluding hydrogens is 424 g/mol. The molecule has 2 aromatic carbocycles. The highest BCUT2D eigenvalue weighted by Crippen LogP contribution is 2.32. The monoisotopic (exact) mass is 448 g/mol. The maximum Gasteiger partial charge on any atom is 0.206 e. The number of likely N-dealkylation sites (N-methyl/N-ethyl adjacent to an activating group) is 1. The second-order valence-electron chi connectivity index (χ2n) is 7.98. The summed E-state index contributed by atoms with van der Waals surface area (Å²) < 4.78 is 5.73. The van der Waals surface area contributed by atoms with Crippen molar-refractivity contribution in [1.29, 1.82) is 0 Å². The number of rotatable bonds is 2. The number of aromatic nitrogens is 3. The summed E-state index contributed by atoms with van der Waals surface area (Å²) in [4.78, 5) is 17.4. The van der Waals surface area contributed by atoms with Crippen molar-refractivity contribution in [1.82, 2.24) is 19.9 Å². The summed E-state index contributed by atoms with van der Waals surface area (Å²) in [6.07, 6.45) is 1.68. The fourth-order valence-corrected chi connectivity index (χ4v) is 4.11. The molecule has 7 nitrogen and oxygen atoms in total. The van der Waals surface area contributed by atoms with Crippen molar-refractivity contribution in [3.05, 3.63) is 60.6 Å². The molecule has 0 atom stereocenters. The number of anilines is 2. The molecule has 3 heterocycles. The predicted molar refractivity (Wildman–Crippen MR) is 132 cm³/mol. The van der Waals surface area contributed by atoms with E-state index in [0.717, 1.165) is 53.7 Å².